The quantitative estimate of drug-likeness (QED) is 0.543. The van der Waals surface area contributed by atoms with Crippen molar-refractivity contribution in [2.45, 2.75) is 31.9 Å². The number of alkyl carbamates (subject to hydrolysis) is 1. The summed E-state index contributed by atoms with van der Waals surface area (Å²) in [6, 6.07) is 5.84. The summed E-state index contributed by atoms with van der Waals surface area (Å²) < 4.78 is 7.24. The molecule has 0 radical (unpaired) electrons. The molecule has 2 amide bonds. The van der Waals surface area contributed by atoms with Crippen LogP contribution in [0.3, 0.4) is 0 Å². The van der Waals surface area contributed by atoms with Crippen LogP contribution in [0.15, 0.2) is 43.0 Å². The molecule has 0 fully saturated rings. The maximum absolute atomic E-state index is 12.4. The van der Waals surface area contributed by atoms with E-state index in [1.807, 2.05) is 19.3 Å². The van der Waals surface area contributed by atoms with Gasteiger partial charge in [-0.1, -0.05) is 6.07 Å². The van der Waals surface area contributed by atoms with Gasteiger partial charge in [-0.25, -0.2) is 4.79 Å². The largest absolute Gasteiger partial charge is 0.446 e. The first-order valence-corrected chi connectivity index (χ1v) is 11.2. The Balaban J connectivity index is 1.36. The minimum absolute atomic E-state index is 0.286. The van der Waals surface area contributed by atoms with Crippen LogP contribution in [0.2, 0.25) is 0 Å². The molecule has 10 heteroatoms. The molecular formula is C23H22N6O3S. The van der Waals surface area contributed by atoms with Gasteiger partial charge in [0, 0.05) is 55.1 Å². The standard InChI is InChI=1S/C23H22N6O3S/c1-29-14-16(13-27-29)12-26-23(31)32-17-5-6-18-19(10-24)22(33-20(18)9-17)28-21(30)7-4-15-3-2-8-25-11-15/h2-4,7-8,11,13-14,17H,5-6,9,12H2,1H3,(H,26,31)(H,28,30). The van der Waals surface area contributed by atoms with Gasteiger partial charge in [0.05, 0.1) is 11.8 Å². The zero-order valence-corrected chi connectivity index (χ0v) is 18.8. The molecule has 9 nitrogen and oxygen atoms in total. The molecule has 3 heterocycles. The third-order valence-electron chi connectivity index (χ3n) is 5.15. The third-order valence-corrected chi connectivity index (χ3v) is 6.32. The number of rotatable bonds is 6. The van der Waals surface area contributed by atoms with Crippen LogP contribution >= 0.6 is 11.3 Å². The van der Waals surface area contributed by atoms with Crippen LogP contribution < -0.4 is 10.6 Å². The Morgan fingerprint density at radius 3 is 3.03 bits per heavy atom. The van der Waals surface area contributed by atoms with E-state index in [-0.39, 0.29) is 12.0 Å². The number of fused-ring (bicyclic) bond motifs is 1. The highest BCUT2D eigenvalue weighted by Crippen LogP contribution is 2.38. The number of anilines is 1. The van der Waals surface area contributed by atoms with Gasteiger partial charge in [-0.3, -0.25) is 14.5 Å². The fourth-order valence-corrected chi connectivity index (χ4v) is 4.86. The fraction of sp³-hybridized carbons (Fsp3) is 0.261. The molecule has 1 aliphatic rings. The lowest BCUT2D eigenvalue weighted by atomic mass is 9.94. The van der Waals surface area contributed by atoms with Crippen LogP contribution in [0.25, 0.3) is 6.08 Å². The van der Waals surface area contributed by atoms with E-state index < -0.39 is 6.09 Å². The summed E-state index contributed by atoms with van der Waals surface area (Å²) >= 11 is 1.36. The SMILES string of the molecule is Cn1cc(CNC(=O)OC2CCc3c(sc(NC(=O)C=Cc4cccnc4)c3C#N)C2)cn1. The van der Waals surface area contributed by atoms with Crippen molar-refractivity contribution in [1.29, 1.82) is 5.26 Å². The number of aromatic nitrogens is 3. The minimum Gasteiger partial charge on any atom is -0.446 e. The van der Waals surface area contributed by atoms with Gasteiger partial charge in [0.1, 0.15) is 17.2 Å². The zero-order chi connectivity index (χ0) is 23.2. The Bertz CT molecular complexity index is 1220. The van der Waals surface area contributed by atoms with Crippen molar-refractivity contribution >= 4 is 34.4 Å². The Morgan fingerprint density at radius 1 is 1.42 bits per heavy atom. The van der Waals surface area contributed by atoms with Crippen molar-refractivity contribution in [2.24, 2.45) is 7.05 Å². The molecule has 0 spiro atoms. The zero-order valence-electron chi connectivity index (χ0n) is 17.9. The van der Waals surface area contributed by atoms with Crippen LogP contribution in [-0.4, -0.2) is 32.9 Å². The summed E-state index contributed by atoms with van der Waals surface area (Å²) in [5.41, 5.74) is 3.10. The van der Waals surface area contributed by atoms with E-state index >= 15 is 0 Å². The van der Waals surface area contributed by atoms with E-state index in [4.69, 9.17) is 4.74 Å². The molecule has 0 aromatic carbocycles. The number of aryl methyl sites for hydroxylation is 1. The Hall–Kier alpha value is -3.97. The lowest BCUT2D eigenvalue weighted by Crippen LogP contribution is -2.31. The number of pyridine rings is 1. The lowest BCUT2D eigenvalue weighted by Gasteiger charge is -2.22. The first-order valence-electron chi connectivity index (χ1n) is 10.4. The number of thiophene rings is 1. The van der Waals surface area contributed by atoms with Crippen molar-refractivity contribution in [3.8, 4) is 6.07 Å². The van der Waals surface area contributed by atoms with Crippen molar-refractivity contribution in [3.05, 3.63) is 70.1 Å². The predicted molar refractivity (Wildman–Crippen MR) is 123 cm³/mol. The summed E-state index contributed by atoms with van der Waals surface area (Å²) in [4.78, 5) is 29.5. The predicted octanol–water partition coefficient (Wildman–Crippen LogP) is 3.18. The van der Waals surface area contributed by atoms with E-state index in [0.717, 1.165) is 21.6 Å². The van der Waals surface area contributed by atoms with Crippen LogP contribution in [-0.2, 0) is 36.0 Å². The topological polar surface area (TPSA) is 122 Å². The number of carbonyl (C=O) groups is 2. The smallest absolute Gasteiger partial charge is 0.407 e. The van der Waals surface area contributed by atoms with Gasteiger partial charge >= 0.3 is 6.09 Å². The second-order valence-electron chi connectivity index (χ2n) is 7.57. The van der Waals surface area contributed by atoms with Crippen molar-refractivity contribution in [3.63, 3.8) is 0 Å². The fourth-order valence-electron chi connectivity index (χ4n) is 3.59. The molecule has 3 aromatic rings. The number of ether oxygens (including phenoxy) is 1. The average Bonchev–Trinajstić information content (AvgIpc) is 3.38. The Morgan fingerprint density at radius 2 is 2.30 bits per heavy atom. The van der Waals surface area contributed by atoms with Gasteiger partial charge in [-0.2, -0.15) is 10.4 Å². The number of nitriles is 1. The molecule has 0 bridgehead atoms. The highest BCUT2D eigenvalue weighted by Gasteiger charge is 2.28. The maximum atomic E-state index is 12.4. The number of amides is 2. The maximum Gasteiger partial charge on any atom is 0.407 e. The summed E-state index contributed by atoms with van der Waals surface area (Å²) in [6.45, 7) is 0.338. The number of carbonyl (C=O) groups excluding carboxylic acids is 2. The van der Waals surface area contributed by atoms with Crippen LogP contribution in [0, 0.1) is 11.3 Å². The number of hydrogen-bond donors (Lipinski definition) is 2. The molecule has 0 saturated carbocycles. The molecule has 33 heavy (non-hydrogen) atoms. The molecule has 0 saturated heterocycles. The summed E-state index contributed by atoms with van der Waals surface area (Å²) in [6.07, 6.45) is 10.9. The molecule has 4 rings (SSSR count). The van der Waals surface area contributed by atoms with Crippen LogP contribution in [0.1, 0.15) is 33.6 Å². The highest BCUT2D eigenvalue weighted by molar-refractivity contribution is 7.16. The van der Waals surface area contributed by atoms with Gasteiger partial charge < -0.3 is 15.4 Å². The summed E-state index contributed by atoms with van der Waals surface area (Å²) in [5.74, 6) is -0.323. The van der Waals surface area contributed by atoms with Gasteiger partial charge in [0.2, 0.25) is 5.91 Å². The van der Waals surface area contributed by atoms with E-state index in [2.05, 4.69) is 26.8 Å². The van der Waals surface area contributed by atoms with Crippen molar-refractivity contribution in [1.82, 2.24) is 20.1 Å². The van der Waals surface area contributed by atoms with Crippen LogP contribution in [0.5, 0.6) is 0 Å². The first kappa shape index (κ1) is 22.2. The lowest BCUT2D eigenvalue weighted by molar-refractivity contribution is -0.111. The second kappa shape index (κ2) is 10.1. The average molecular weight is 463 g/mol. The Labute approximate surface area is 194 Å². The molecule has 0 aliphatic heterocycles. The van der Waals surface area contributed by atoms with Gasteiger partial charge in [-0.15, -0.1) is 11.3 Å². The third kappa shape index (κ3) is 5.64. The van der Waals surface area contributed by atoms with Gasteiger partial charge in [0.15, 0.2) is 0 Å². The molecule has 1 atom stereocenters. The molecule has 1 aliphatic carbocycles. The van der Waals surface area contributed by atoms with Crippen LogP contribution in [0.4, 0.5) is 9.80 Å². The molecule has 168 valence electrons. The minimum atomic E-state index is -0.488. The van der Waals surface area contributed by atoms with Gasteiger partial charge in [0.25, 0.3) is 0 Å². The van der Waals surface area contributed by atoms with Crippen molar-refractivity contribution in [2.75, 3.05) is 5.32 Å². The first-order chi connectivity index (χ1) is 16.0. The number of nitrogens with one attached hydrogen (secondary N) is 2. The van der Waals surface area contributed by atoms with E-state index in [1.54, 1.807) is 35.4 Å². The Kier molecular flexibility index (Phi) is 6.80. The van der Waals surface area contributed by atoms with E-state index in [1.165, 1.54) is 17.4 Å². The van der Waals surface area contributed by atoms with Crippen molar-refractivity contribution < 1.29 is 14.3 Å². The van der Waals surface area contributed by atoms with E-state index in [9.17, 15) is 14.9 Å². The molecular weight excluding hydrogens is 440 g/mol. The van der Waals surface area contributed by atoms with E-state index in [0.29, 0.717) is 36.4 Å². The summed E-state index contributed by atoms with van der Waals surface area (Å²) in [7, 11) is 1.81. The number of hydrogen-bond acceptors (Lipinski definition) is 7. The second-order valence-corrected chi connectivity index (χ2v) is 8.68. The number of nitrogens with zero attached hydrogens (tertiary/aromatic N) is 4. The molecule has 2 N–H and O–H groups in total. The highest BCUT2D eigenvalue weighted by atomic mass is 32.1. The van der Waals surface area contributed by atoms with Gasteiger partial charge in [-0.05, 0) is 36.1 Å². The monoisotopic (exact) mass is 462 g/mol. The normalized spacial score (nSPS) is 15.0. The molecule has 1 unspecified atom stereocenters. The summed E-state index contributed by atoms with van der Waals surface area (Å²) in [5, 5.41) is 19.8. The molecule has 3 aromatic heterocycles.